The average molecular weight is 308 g/mol. The molecule has 0 saturated carbocycles. The molecular weight excluding hydrogens is 286 g/mol. The van der Waals surface area contributed by atoms with Gasteiger partial charge in [-0.2, -0.15) is 0 Å². The van der Waals surface area contributed by atoms with Crippen molar-refractivity contribution in [1.82, 2.24) is 5.32 Å². The zero-order valence-electron chi connectivity index (χ0n) is 12.7. The number of rotatable bonds is 6. The average Bonchev–Trinajstić information content (AvgIpc) is 2.46. The number of methoxy groups -OCH3 is 1. The molecule has 0 aliphatic carbocycles. The zero-order chi connectivity index (χ0) is 14.4. The maximum atomic E-state index is 5.86. The first-order valence-corrected chi connectivity index (χ1v) is 6.73. The number of benzene rings is 2. The van der Waals surface area contributed by atoms with Gasteiger partial charge in [-0.1, -0.05) is 35.9 Å². The van der Waals surface area contributed by atoms with E-state index in [1.807, 2.05) is 31.3 Å². The van der Waals surface area contributed by atoms with E-state index in [9.17, 15) is 0 Å². The minimum Gasteiger partial charge on any atom is -0.493 e. The van der Waals surface area contributed by atoms with Gasteiger partial charge in [-0.05, 0) is 37.2 Å². The number of hydrogen-bond acceptors (Lipinski definition) is 3. The molecule has 4 heteroatoms. The van der Waals surface area contributed by atoms with Gasteiger partial charge in [0.25, 0.3) is 0 Å². The molecule has 1 N–H and O–H groups in total. The van der Waals surface area contributed by atoms with Gasteiger partial charge in [-0.15, -0.1) is 12.4 Å². The molecule has 2 rings (SSSR count). The summed E-state index contributed by atoms with van der Waals surface area (Å²) in [5.74, 6) is 1.54. The molecule has 0 aliphatic heterocycles. The van der Waals surface area contributed by atoms with Gasteiger partial charge in [0.1, 0.15) is 6.61 Å². The predicted molar refractivity (Wildman–Crippen MR) is 88.5 cm³/mol. The van der Waals surface area contributed by atoms with E-state index in [1.165, 1.54) is 11.1 Å². The molecule has 0 saturated heterocycles. The number of hydrogen-bond donors (Lipinski definition) is 1. The monoisotopic (exact) mass is 307 g/mol. The largest absolute Gasteiger partial charge is 0.493 e. The van der Waals surface area contributed by atoms with Crippen molar-refractivity contribution in [3.63, 3.8) is 0 Å². The van der Waals surface area contributed by atoms with Gasteiger partial charge in [0.2, 0.25) is 0 Å². The molecule has 0 spiro atoms. The van der Waals surface area contributed by atoms with E-state index in [0.717, 1.165) is 23.6 Å². The topological polar surface area (TPSA) is 30.5 Å². The molecule has 21 heavy (non-hydrogen) atoms. The van der Waals surface area contributed by atoms with Crippen LogP contribution in [0, 0.1) is 6.92 Å². The van der Waals surface area contributed by atoms with Crippen molar-refractivity contribution in [2.45, 2.75) is 20.1 Å². The summed E-state index contributed by atoms with van der Waals surface area (Å²) in [6.07, 6.45) is 0. The van der Waals surface area contributed by atoms with E-state index in [4.69, 9.17) is 9.47 Å². The quantitative estimate of drug-likeness (QED) is 0.882. The molecule has 0 unspecified atom stereocenters. The van der Waals surface area contributed by atoms with Gasteiger partial charge in [0, 0.05) is 6.54 Å². The molecule has 0 aliphatic rings. The summed E-state index contributed by atoms with van der Waals surface area (Å²) in [5, 5.41) is 3.12. The lowest BCUT2D eigenvalue weighted by molar-refractivity contribution is 0.284. The van der Waals surface area contributed by atoms with Gasteiger partial charge in [-0.25, -0.2) is 0 Å². The summed E-state index contributed by atoms with van der Waals surface area (Å²) in [6.45, 7) is 3.44. The van der Waals surface area contributed by atoms with Crippen molar-refractivity contribution in [2.75, 3.05) is 14.2 Å². The second-order valence-corrected chi connectivity index (χ2v) is 4.79. The molecule has 0 radical (unpaired) electrons. The van der Waals surface area contributed by atoms with Gasteiger partial charge in [-0.3, -0.25) is 0 Å². The fraction of sp³-hybridized carbons (Fsp3) is 0.294. The highest BCUT2D eigenvalue weighted by Gasteiger charge is 2.06. The maximum Gasteiger partial charge on any atom is 0.161 e. The van der Waals surface area contributed by atoms with Crippen LogP contribution in [0.3, 0.4) is 0 Å². The maximum absolute atomic E-state index is 5.86. The van der Waals surface area contributed by atoms with Crippen LogP contribution in [-0.4, -0.2) is 14.2 Å². The van der Waals surface area contributed by atoms with Crippen LogP contribution >= 0.6 is 12.4 Å². The molecular formula is C17H22ClNO2. The zero-order valence-corrected chi connectivity index (χ0v) is 13.5. The standard InChI is InChI=1S/C17H21NO2.ClH/c1-13-5-4-6-15(9-13)12-20-16-8-7-14(11-18-2)10-17(16)19-3;/h4-10,18H,11-12H2,1-3H3;1H. The highest BCUT2D eigenvalue weighted by Crippen LogP contribution is 2.28. The third kappa shape index (κ3) is 4.96. The molecule has 0 heterocycles. The molecule has 0 atom stereocenters. The Morgan fingerprint density at radius 2 is 1.81 bits per heavy atom. The van der Waals surface area contributed by atoms with E-state index < -0.39 is 0 Å². The number of nitrogens with one attached hydrogen (secondary N) is 1. The van der Waals surface area contributed by atoms with Crippen molar-refractivity contribution < 1.29 is 9.47 Å². The highest BCUT2D eigenvalue weighted by molar-refractivity contribution is 5.85. The SMILES string of the molecule is CNCc1ccc(OCc2cccc(C)c2)c(OC)c1.Cl. The molecule has 2 aromatic carbocycles. The van der Waals surface area contributed by atoms with Gasteiger partial charge in [0.15, 0.2) is 11.5 Å². The first kappa shape index (κ1) is 17.3. The van der Waals surface area contributed by atoms with Crippen LogP contribution < -0.4 is 14.8 Å². The number of halogens is 1. The van der Waals surface area contributed by atoms with E-state index in [2.05, 4.69) is 30.4 Å². The van der Waals surface area contributed by atoms with Crippen LogP contribution in [0.5, 0.6) is 11.5 Å². The summed E-state index contributed by atoms with van der Waals surface area (Å²) in [4.78, 5) is 0. The van der Waals surface area contributed by atoms with Crippen molar-refractivity contribution in [3.8, 4) is 11.5 Å². The molecule has 0 aromatic heterocycles. The Kier molecular flexibility index (Phi) is 7.06. The van der Waals surface area contributed by atoms with Crippen LogP contribution in [0.2, 0.25) is 0 Å². The van der Waals surface area contributed by atoms with Crippen LogP contribution in [0.25, 0.3) is 0 Å². The summed E-state index contributed by atoms with van der Waals surface area (Å²) in [5.41, 5.74) is 3.57. The molecule has 2 aromatic rings. The summed E-state index contributed by atoms with van der Waals surface area (Å²) in [7, 11) is 3.59. The van der Waals surface area contributed by atoms with E-state index in [1.54, 1.807) is 7.11 Å². The van der Waals surface area contributed by atoms with E-state index in [0.29, 0.717) is 6.61 Å². The highest BCUT2D eigenvalue weighted by atomic mass is 35.5. The molecule has 114 valence electrons. The van der Waals surface area contributed by atoms with Gasteiger partial charge >= 0.3 is 0 Å². The second kappa shape index (κ2) is 8.55. The van der Waals surface area contributed by atoms with Crippen molar-refractivity contribution in [3.05, 3.63) is 59.2 Å². The minimum atomic E-state index is 0. The van der Waals surface area contributed by atoms with Crippen LogP contribution in [-0.2, 0) is 13.2 Å². The lowest BCUT2D eigenvalue weighted by atomic mass is 10.1. The van der Waals surface area contributed by atoms with Gasteiger partial charge < -0.3 is 14.8 Å². The van der Waals surface area contributed by atoms with Crippen LogP contribution in [0.4, 0.5) is 0 Å². The van der Waals surface area contributed by atoms with Crippen LogP contribution in [0.15, 0.2) is 42.5 Å². The summed E-state index contributed by atoms with van der Waals surface area (Å²) in [6, 6.07) is 14.3. The fourth-order valence-corrected chi connectivity index (χ4v) is 2.11. The van der Waals surface area contributed by atoms with Crippen molar-refractivity contribution >= 4 is 12.4 Å². The van der Waals surface area contributed by atoms with Crippen molar-refractivity contribution in [2.24, 2.45) is 0 Å². The first-order valence-electron chi connectivity index (χ1n) is 6.73. The predicted octanol–water partition coefficient (Wildman–Crippen LogP) is 3.72. The summed E-state index contributed by atoms with van der Waals surface area (Å²) < 4.78 is 11.2. The molecule has 0 bridgehead atoms. The molecule has 0 amide bonds. The Morgan fingerprint density at radius 3 is 2.48 bits per heavy atom. The molecule has 3 nitrogen and oxygen atoms in total. The Balaban J connectivity index is 0.00000220. The smallest absolute Gasteiger partial charge is 0.161 e. The third-order valence-corrected chi connectivity index (χ3v) is 3.09. The third-order valence-electron chi connectivity index (χ3n) is 3.09. The molecule has 0 fully saturated rings. The fourth-order valence-electron chi connectivity index (χ4n) is 2.11. The van der Waals surface area contributed by atoms with E-state index >= 15 is 0 Å². The van der Waals surface area contributed by atoms with Gasteiger partial charge in [0.05, 0.1) is 7.11 Å². The Bertz CT molecular complexity index is 572. The summed E-state index contributed by atoms with van der Waals surface area (Å²) >= 11 is 0. The van der Waals surface area contributed by atoms with E-state index in [-0.39, 0.29) is 12.4 Å². The first-order chi connectivity index (χ1) is 9.72. The lowest BCUT2D eigenvalue weighted by Crippen LogP contribution is -2.05. The number of ether oxygens (including phenoxy) is 2. The Morgan fingerprint density at radius 1 is 1.00 bits per heavy atom. The van der Waals surface area contributed by atoms with Crippen LogP contribution in [0.1, 0.15) is 16.7 Å². The Labute approximate surface area is 132 Å². The second-order valence-electron chi connectivity index (χ2n) is 4.79. The Hall–Kier alpha value is -1.71. The minimum absolute atomic E-state index is 0. The van der Waals surface area contributed by atoms with Crippen molar-refractivity contribution in [1.29, 1.82) is 0 Å². The number of aryl methyl sites for hydroxylation is 1. The lowest BCUT2D eigenvalue weighted by Gasteiger charge is -2.12. The normalized spacial score (nSPS) is 9.86.